The number of aliphatic hydroxyl groups excluding tert-OH is 1. The summed E-state index contributed by atoms with van der Waals surface area (Å²) in [5.41, 5.74) is 4.60. The Morgan fingerprint density at radius 3 is 2.25 bits per heavy atom. The predicted octanol–water partition coefficient (Wildman–Crippen LogP) is -1.17. The van der Waals surface area contributed by atoms with E-state index in [1.807, 2.05) is 0 Å². The van der Waals surface area contributed by atoms with Crippen LogP contribution in [-0.4, -0.2) is 28.5 Å². The Morgan fingerprint density at radius 2 is 2.12 bits per heavy atom. The van der Waals surface area contributed by atoms with Gasteiger partial charge < -0.3 is 15.9 Å². The van der Waals surface area contributed by atoms with Crippen molar-refractivity contribution in [2.45, 2.75) is 24.5 Å². The fourth-order valence-corrected chi connectivity index (χ4v) is 0.669. The van der Waals surface area contributed by atoms with E-state index in [0.29, 0.717) is 0 Å². The molecule has 3 heteroatoms. The van der Waals surface area contributed by atoms with E-state index in [2.05, 4.69) is 0 Å². The van der Waals surface area contributed by atoms with Gasteiger partial charge in [-0.3, -0.25) is 0 Å². The number of rotatable bonds is 2. The van der Waals surface area contributed by atoms with Crippen LogP contribution < -0.4 is 5.73 Å². The van der Waals surface area contributed by atoms with Crippen molar-refractivity contribution in [1.82, 2.24) is 0 Å². The monoisotopic (exact) mass is 117 g/mol. The van der Waals surface area contributed by atoms with Crippen LogP contribution >= 0.6 is 0 Å². The fourth-order valence-electron chi connectivity index (χ4n) is 0.669. The van der Waals surface area contributed by atoms with Gasteiger partial charge in [0.2, 0.25) is 0 Å². The average molecular weight is 117 g/mol. The van der Waals surface area contributed by atoms with E-state index in [9.17, 15) is 0 Å². The summed E-state index contributed by atoms with van der Waals surface area (Å²) in [6, 6.07) is -0.428. The van der Waals surface area contributed by atoms with Gasteiger partial charge in [-0.05, 0) is 12.8 Å². The number of hydrogen-bond donors (Lipinski definition) is 3. The topological polar surface area (TPSA) is 66.5 Å². The summed E-state index contributed by atoms with van der Waals surface area (Å²) in [6.45, 7) is -0.115. The minimum atomic E-state index is -0.714. The molecule has 8 heavy (non-hydrogen) atoms. The van der Waals surface area contributed by atoms with E-state index in [0.717, 1.165) is 12.8 Å². The molecule has 4 N–H and O–H groups in total. The van der Waals surface area contributed by atoms with Crippen molar-refractivity contribution in [1.29, 1.82) is 0 Å². The molecule has 0 amide bonds. The summed E-state index contributed by atoms with van der Waals surface area (Å²) >= 11 is 0. The molecule has 1 saturated carbocycles. The molecule has 0 aromatic carbocycles. The maximum Gasteiger partial charge on any atom is 0.0822 e. The molecule has 0 aromatic rings. The lowest BCUT2D eigenvalue weighted by Crippen LogP contribution is -2.39. The maximum absolute atomic E-state index is 9.11. The van der Waals surface area contributed by atoms with Gasteiger partial charge in [0.15, 0.2) is 0 Å². The van der Waals surface area contributed by atoms with Crippen LogP contribution in [0.3, 0.4) is 0 Å². The van der Waals surface area contributed by atoms with E-state index >= 15 is 0 Å². The van der Waals surface area contributed by atoms with Crippen LogP contribution in [0, 0.1) is 0 Å². The number of hydrogen-bond acceptors (Lipinski definition) is 3. The molecule has 0 aliphatic heterocycles. The third kappa shape index (κ3) is 0.844. The van der Waals surface area contributed by atoms with Crippen LogP contribution in [0.4, 0.5) is 0 Å². The van der Waals surface area contributed by atoms with Crippen molar-refractivity contribution < 1.29 is 10.2 Å². The van der Waals surface area contributed by atoms with Gasteiger partial charge in [0.1, 0.15) is 0 Å². The van der Waals surface area contributed by atoms with E-state index in [-0.39, 0.29) is 6.61 Å². The van der Waals surface area contributed by atoms with Gasteiger partial charge in [-0.1, -0.05) is 0 Å². The highest BCUT2D eigenvalue weighted by Gasteiger charge is 2.45. The zero-order valence-corrected chi connectivity index (χ0v) is 4.67. The van der Waals surface area contributed by atoms with Gasteiger partial charge in [-0.2, -0.15) is 0 Å². The van der Waals surface area contributed by atoms with E-state index in [1.165, 1.54) is 0 Å². The Balaban J connectivity index is 2.34. The summed E-state index contributed by atoms with van der Waals surface area (Å²) in [5, 5.41) is 17.5. The summed E-state index contributed by atoms with van der Waals surface area (Å²) < 4.78 is 0. The Hall–Kier alpha value is -0.120. The normalized spacial score (nSPS) is 27.4. The van der Waals surface area contributed by atoms with Gasteiger partial charge in [0.25, 0.3) is 0 Å². The van der Waals surface area contributed by atoms with Crippen molar-refractivity contribution in [3.8, 4) is 0 Å². The molecule has 0 unspecified atom stereocenters. The van der Waals surface area contributed by atoms with Crippen molar-refractivity contribution in [3.05, 3.63) is 0 Å². The summed E-state index contributed by atoms with van der Waals surface area (Å²) in [4.78, 5) is 0. The molecule has 1 atom stereocenters. The molecule has 3 nitrogen and oxygen atoms in total. The SMILES string of the molecule is N[C@@H](CO)C1(O)CC1. The molecule has 0 spiro atoms. The lowest BCUT2D eigenvalue weighted by molar-refractivity contribution is 0.0875. The standard InChI is InChI=1S/C5H11NO2/c6-4(3-7)5(8)1-2-5/h4,7-8H,1-3,6H2/t4-/m0/s1. The molecule has 0 radical (unpaired) electrons. The van der Waals surface area contributed by atoms with Crippen LogP contribution in [0.2, 0.25) is 0 Å². The van der Waals surface area contributed by atoms with Crippen LogP contribution in [0.25, 0.3) is 0 Å². The third-order valence-corrected chi connectivity index (χ3v) is 1.65. The fraction of sp³-hybridized carbons (Fsp3) is 1.00. The largest absolute Gasteiger partial charge is 0.395 e. The van der Waals surface area contributed by atoms with Gasteiger partial charge in [0, 0.05) is 0 Å². The molecule has 0 bridgehead atoms. The summed E-state index contributed by atoms with van der Waals surface area (Å²) in [7, 11) is 0. The lowest BCUT2D eigenvalue weighted by atomic mass is 10.2. The second-order valence-corrected chi connectivity index (χ2v) is 2.39. The molecule has 1 aliphatic rings. The zero-order valence-electron chi connectivity index (χ0n) is 4.67. The maximum atomic E-state index is 9.11. The van der Waals surface area contributed by atoms with Crippen LogP contribution in [-0.2, 0) is 0 Å². The molecule has 1 rings (SSSR count). The Bertz CT molecular complexity index is 90.4. The molecular formula is C5H11NO2. The quantitative estimate of drug-likeness (QED) is 0.427. The molecule has 48 valence electrons. The Kier molecular flexibility index (Phi) is 1.27. The Labute approximate surface area is 48.1 Å². The molecule has 0 saturated heterocycles. The highest BCUT2D eigenvalue weighted by atomic mass is 16.3. The number of aliphatic hydroxyl groups is 2. The van der Waals surface area contributed by atoms with E-state index in [1.54, 1.807) is 0 Å². The minimum absolute atomic E-state index is 0.115. The zero-order chi connectivity index (χ0) is 6.20. The summed E-state index contributed by atoms with van der Waals surface area (Å²) in [5.74, 6) is 0. The average Bonchev–Trinajstić information content (AvgIpc) is 2.47. The van der Waals surface area contributed by atoms with Crippen molar-refractivity contribution in [2.24, 2.45) is 5.73 Å². The second kappa shape index (κ2) is 1.69. The molecule has 0 heterocycles. The molecule has 1 fully saturated rings. The highest BCUT2D eigenvalue weighted by molar-refractivity contribution is 5.01. The minimum Gasteiger partial charge on any atom is -0.395 e. The second-order valence-electron chi connectivity index (χ2n) is 2.39. The first-order valence-electron chi connectivity index (χ1n) is 2.78. The van der Waals surface area contributed by atoms with Crippen molar-refractivity contribution in [2.75, 3.05) is 6.61 Å². The molecule has 1 aliphatic carbocycles. The molecule has 0 aromatic heterocycles. The van der Waals surface area contributed by atoms with E-state index < -0.39 is 11.6 Å². The first-order chi connectivity index (χ1) is 3.69. The smallest absolute Gasteiger partial charge is 0.0822 e. The first kappa shape index (κ1) is 6.01. The Morgan fingerprint density at radius 1 is 1.62 bits per heavy atom. The van der Waals surface area contributed by atoms with Gasteiger partial charge in [-0.15, -0.1) is 0 Å². The van der Waals surface area contributed by atoms with Gasteiger partial charge >= 0.3 is 0 Å². The lowest BCUT2D eigenvalue weighted by Gasteiger charge is -2.13. The van der Waals surface area contributed by atoms with Crippen molar-refractivity contribution in [3.63, 3.8) is 0 Å². The van der Waals surface area contributed by atoms with Crippen LogP contribution in [0.1, 0.15) is 12.8 Å². The van der Waals surface area contributed by atoms with E-state index in [4.69, 9.17) is 15.9 Å². The van der Waals surface area contributed by atoms with Crippen LogP contribution in [0.5, 0.6) is 0 Å². The number of nitrogens with two attached hydrogens (primary N) is 1. The summed E-state index contributed by atoms with van der Waals surface area (Å²) in [6.07, 6.45) is 1.49. The highest BCUT2D eigenvalue weighted by Crippen LogP contribution is 2.37. The van der Waals surface area contributed by atoms with Gasteiger partial charge in [0.05, 0.1) is 18.2 Å². The van der Waals surface area contributed by atoms with Crippen molar-refractivity contribution >= 4 is 0 Å². The predicted molar refractivity (Wildman–Crippen MR) is 29.2 cm³/mol. The first-order valence-corrected chi connectivity index (χ1v) is 2.78. The van der Waals surface area contributed by atoms with Gasteiger partial charge in [-0.25, -0.2) is 0 Å². The van der Waals surface area contributed by atoms with Crippen LogP contribution in [0.15, 0.2) is 0 Å². The third-order valence-electron chi connectivity index (χ3n) is 1.65. The molecular weight excluding hydrogens is 106 g/mol.